The van der Waals surface area contributed by atoms with Crippen molar-refractivity contribution in [1.29, 1.82) is 0 Å². The van der Waals surface area contributed by atoms with Crippen LogP contribution in [0.5, 0.6) is 5.75 Å². The molecule has 10 nitrogen and oxygen atoms in total. The van der Waals surface area contributed by atoms with Gasteiger partial charge in [-0.3, -0.25) is 19.5 Å². The van der Waals surface area contributed by atoms with Crippen molar-refractivity contribution in [3.05, 3.63) is 94.5 Å². The molecule has 1 N–H and O–H groups in total. The summed E-state index contributed by atoms with van der Waals surface area (Å²) in [6, 6.07) is 23.3. The number of nitrogens with one attached hydrogen (secondary N) is 1. The molecule has 0 saturated carbocycles. The molecule has 1 aromatic heterocycles. The zero-order chi connectivity index (χ0) is 26.2. The Morgan fingerprint density at radius 1 is 1.08 bits per heavy atom. The first-order valence-corrected chi connectivity index (χ1v) is 12.4. The van der Waals surface area contributed by atoms with Gasteiger partial charge in [0.2, 0.25) is 0 Å². The number of hydrogen-bond acceptors (Lipinski definition) is 8. The van der Waals surface area contributed by atoms with Gasteiger partial charge >= 0.3 is 0 Å². The van der Waals surface area contributed by atoms with Gasteiger partial charge in [-0.15, -0.1) is 10.2 Å². The largest absolute Gasteiger partial charge is 0.494 e. The highest BCUT2D eigenvalue weighted by Gasteiger charge is 2.17. The number of carbonyl (C=O) groups excluding carboxylic acids is 1. The van der Waals surface area contributed by atoms with Crippen LogP contribution in [-0.4, -0.2) is 43.7 Å². The van der Waals surface area contributed by atoms with E-state index in [1.165, 1.54) is 23.9 Å². The predicted octanol–water partition coefficient (Wildman–Crippen LogP) is 4.87. The van der Waals surface area contributed by atoms with E-state index in [0.717, 1.165) is 17.0 Å². The molecule has 1 amide bonds. The second-order valence-corrected chi connectivity index (χ2v) is 8.71. The van der Waals surface area contributed by atoms with Crippen molar-refractivity contribution in [3.8, 4) is 22.8 Å². The van der Waals surface area contributed by atoms with Crippen molar-refractivity contribution < 1.29 is 14.5 Å². The fourth-order valence-corrected chi connectivity index (χ4v) is 4.19. The number of nitro benzene ring substituents is 1. The number of nitrogens with zero attached hydrogens (tertiary/aromatic N) is 5. The monoisotopic (exact) mass is 516 g/mol. The molecule has 0 fully saturated rings. The normalized spacial score (nSPS) is 11.2. The first-order chi connectivity index (χ1) is 18.0. The van der Waals surface area contributed by atoms with Crippen LogP contribution < -0.4 is 10.2 Å². The molecule has 0 spiro atoms. The number of nitro groups is 1. The molecule has 4 rings (SSSR count). The third kappa shape index (κ3) is 6.39. The molecule has 0 aliphatic carbocycles. The summed E-state index contributed by atoms with van der Waals surface area (Å²) in [5.41, 5.74) is 5.17. The number of aromatic nitrogens is 3. The number of carbonyl (C=O) groups is 1. The van der Waals surface area contributed by atoms with Gasteiger partial charge in [-0.25, -0.2) is 5.43 Å². The van der Waals surface area contributed by atoms with E-state index in [2.05, 4.69) is 20.7 Å². The minimum Gasteiger partial charge on any atom is -0.494 e. The Labute approximate surface area is 217 Å². The van der Waals surface area contributed by atoms with E-state index in [-0.39, 0.29) is 17.3 Å². The van der Waals surface area contributed by atoms with Crippen LogP contribution in [0.4, 0.5) is 5.69 Å². The summed E-state index contributed by atoms with van der Waals surface area (Å²) in [5.74, 6) is 1.09. The molecular formula is C26H24N6O4S. The highest BCUT2D eigenvalue weighted by Crippen LogP contribution is 2.28. The summed E-state index contributed by atoms with van der Waals surface area (Å²) in [7, 11) is 0. The van der Waals surface area contributed by atoms with Crippen LogP contribution in [0.2, 0.25) is 0 Å². The number of ether oxygens (including phenoxy) is 1. The highest BCUT2D eigenvalue weighted by molar-refractivity contribution is 7.99. The van der Waals surface area contributed by atoms with Crippen molar-refractivity contribution in [3.63, 3.8) is 0 Å². The fourth-order valence-electron chi connectivity index (χ4n) is 3.45. The number of benzene rings is 3. The Morgan fingerprint density at radius 3 is 2.54 bits per heavy atom. The summed E-state index contributed by atoms with van der Waals surface area (Å²) < 4.78 is 7.44. The summed E-state index contributed by atoms with van der Waals surface area (Å²) >= 11 is 1.22. The second-order valence-electron chi connectivity index (χ2n) is 7.76. The Morgan fingerprint density at radius 2 is 1.84 bits per heavy atom. The predicted molar refractivity (Wildman–Crippen MR) is 142 cm³/mol. The van der Waals surface area contributed by atoms with E-state index in [9.17, 15) is 14.9 Å². The van der Waals surface area contributed by atoms with Crippen LogP contribution in [-0.2, 0) is 4.79 Å². The first-order valence-electron chi connectivity index (χ1n) is 11.4. The Balaban J connectivity index is 1.51. The fraction of sp³-hybridized carbons (Fsp3) is 0.154. The summed E-state index contributed by atoms with van der Waals surface area (Å²) in [4.78, 5) is 23.1. The third-order valence-corrected chi connectivity index (χ3v) is 6.16. The van der Waals surface area contributed by atoms with Crippen LogP contribution in [0.15, 0.2) is 89.1 Å². The molecule has 0 saturated heterocycles. The van der Waals surface area contributed by atoms with Gasteiger partial charge in [0.1, 0.15) is 5.75 Å². The molecule has 188 valence electrons. The number of hydrazone groups is 1. The lowest BCUT2D eigenvalue weighted by molar-refractivity contribution is -0.384. The number of rotatable bonds is 10. The van der Waals surface area contributed by atoms with Gasteiger partial charge in [0, 0.05) is 28.9 Å². The standard InChI is InChI=1S/C26H24N6O4S/c1-3-36-23-14-12-21(13-15-23)31-25(19-8-5-4-6-9-19)29-30-26(31)37-17-24(33)28-27-18(2)20-10-7-11-22(16-20)32(34)35/h4-16H,3,17H2,1-2H3,(H,28,33)/b27-18-. The minimum atomic E-state index is -0.476. The molecule has 0 bridgehead atoms. The van der Waals surface area contributed by atoms with Gasteiger partial charge in [-0.1, -0.05) is 54.2 Å². The zero-order valence-corrected chi connectivity index (χ0v) is 21.0. The SMILES string of the molecule is CCOc1ccc(-n2c(SCC(=O)N/N=C(/C)c3cccc([N+](=O)[O-])c3)nnc2-c2ccccc2)cc1. The van der Waals surface area contributed by atoms with Crippen molar-refractivity contribution in [2.45, 2.75) is 19.0 Å². The maximum atomic E-state index is 12.5. The van der Waals surface area contributed by atoms with Crippen LogP contribution in [0.3, 0.4) is 0 Å². The lowest BCUT2D eigenvalue weighted by atomic mass is 10.1. The lowest BCUT2D eigenvalue weighted by Crippen LogP contribution is -2.21. The lowest BCUT2D eigenvalue weighted by Gasteiger charge is -2.11. The first kappa shape index (κ1) is 25.6. The Hall–Kier alpha value is -4.51. The molecule has 0 atom stereocenters. The smallest absolute Gasteiger partial charge is 0.270 e. The zero-order valence-electron chi connectivity index (χ0n) is 20.2. The van der Waals surface area contributed by atoms with E-state index in [4.69, 9.17) is 4.74 Å². The molecule has 4 aromatic rings. The minimum absolute atomic E-state index is 0.0374. The van der Waals surface area contributed by atoms with Crippen molar-refractivity contribution in [1.82, 2.24) is 20.2 Å². The number of amides is 1. The topological polar surface area (TPSA) is 125 Å². The molecule has 0 radical (unpaired) electrons. The molecule has 1 heterocycles. The number of thioether (sulfide) groups is 1. The van der Waals surface area contributed by atoms with Crippen LogP contribution in [0, 0.1) is 10.1 Å². The van der Waals surface area contributed by atoms with Gasteiger partial charge in [-0.05, 0) is 38.1 Å². The van der Waals surface area contributed by atoms with Crippen LogP contribution >= 0.6 is 11.8 Å². The molecular weight excluding hydrogens is 492 g/mol. The average molecular weight is 517 g/mol. The van der Waals surface area contributed by atoms with E-state index in [1.54, 1.807) is 19.1 Å². The van der Waals surface area contributed by atoms with Crippen molar-refractivity contribution in [2.24, 2.45) is 5.10 Å². The Kier molecular flexibility index (Phi) is 8.26. The van der Waals surface area contributed by atoms with E-state index >= 15 is 0 Å². The van der Waals surface area contributed by atoms with E-state index in [0.29, 0.717) is 28.9 Å². The van der Waals surface area contributed by atoms with Gasteiger partial charge in [0.05, 0.1) is 23.0 Å². The number of hydrogen-bond donors (Lipinski definition) is 1. The van der Waals surface area contributed by atoms with Gasteiger partial charge in [-0.2, -0.15) is 5.10 Å². The number of non-ortho nitro benzene ring substituents is 1. The Bertz CT molecular complexity index is 1420. The van der Waals surface area contributed by atoms with Crippen LogP contribution in [0.25, 0.3) is 17.1 Å². The van der Waals surface area contributed by atoms with Crippen molar-refractivity contribution >= 4 is 29.1 Å². The molecule has 11 heteroatoms. The average Bonchev–Trinajstić information content (AvgIpc) is 3.35. The molecule has 3 aromatic carbocycles. The summed E-state index contributed by atoms with van der Waals surface area (Å²) in [6.45, 7) is 4.16. The third-order valence-electron chi connectivity index (χ3n) is 5.23. The van der Waals surface area contributed by atoms with Gasteiger partial charge in [0.25, 0.3) is 11.6 Å². The van der Waals surface area contributed by atoms with Gasteiger partial charge in [0.15, 0.2) is 11.0 Å². The second kappa shape index (κ2) is 12.0. The quantitative estimate of drug-likeness (QED) is 0.138. The van der Waals surface area contributed by atoms with E-state index in [1.807, 2.05) is 66.1 Å². The molecule has 0 aliphatic heterocycles. The van der Waals surface area contributed by atoms with E-state index < -0.39 is 4.92 Å². The van der Waals surface area contributed by atoms with Gasteiger partial charge < -0.3 is 4.74 Å². The molecule has 0 aliphatic rings. The summed E-state index contributed by atoms with van der Waals surface area (Å²) in [5, 5.41) is 24.4. The maximum absolute atomic E-state index is 12.5. The maximum Gasteiger partial charge on any atom is 0.270 e. The molecule has 37 heavy (non-hydrogen) atoms. The summed E-state index contributed by atoms with van der Waals surface area (Å²) in [6.07, 6.45) is 0. The molecule has 0 unspecified atom stereocenters. The van der Waals surface area contributed by atoms with Crippen molar-refractivity contribution in [2.75, 3.05) is 12.4 Å². The van der Waals surface area contributed by atoms with Crippen LogP contribution in [0.1, 0.15) is 19.4 Å². The highest BCUT2D eigenvalue weighted by atomic mass is 32.2.